The van der Waals surface area contributed by atoms with E-state index in [1.807, 2.05) is 0 Å². The fourth-order valence-electron chi connectivity index (χ4n) is 0.869. The quantitative estimate of drug-likeness (QED) is 0.623. The number of hydrogen-bond donors (Lipinski definition) is 0. The number of nitrogens with zero attached hydrogens (tertiary/aromatic N) is 1. The van der Waals surface area contributed by atoms with Crippen molar-refractivity contribution in [3.05, 3.63) is 15.2 Å². The van der Waals surface area contributed by atoms with E-state index in [0.717, 1.165) is 0 Å². The molecule has 0 bridgehead atoms. The molecule has 88 valence electrons. The van der Waals surface area contributed by atoms with Gasteiger partial charge >= 0.3 is 6.36 Å². The lowest BCUT2D eigenvalue weighted by Crippen LogP contribution is -2.19. The van der Waals surface area contributed by atoms with Gasteiger partial charge in [0.15, 0.2) is 6.29 Å². The highest BCUT2D eigenvalue weighted by Crippen LogP contribution is 2.29. The van der Waals surface area contributed by atoms with E-state index in [4.69, 9.17) is 0 Å². The maximum Gasteiger partial charge on any atom is 0.574 e. The summed E-state index contributed by atoms with van der Waals surface area (Å²) >= 11 is 1.54. The van der Waals surface area contributed by atoms with Crippen LogP contribution in [-0.4, -0.2) is 24.7 Å². The Balaban J connectivity index is 3.21. The molecule has 1 aromatic heterocycles. The molecule has 4 nitrogen and oxygen atoms in total. The van der Waals surface area contributed by atoms with Crippen LogP contribution < -0.4 is 9.47 Å². The first-order valence-corrected chi connectivity index (χ1v) is 4.90. The Labute approximate surface area is 102 Å². The molecule has 0 saturated heterocycles. The Kier molecular flexibility index (Phi) is 3.94. The average molecular weight is 347 g/mol. The van der Waals surface area contributed by atoms with Crippen LogP contribution in [0.4, 0.5) is 13.2 Å². The molecule has 0 atom stereocenters. The lowest BCUT2D eigenvalue weighted by atomic mass is 10.3. The zero-order chi connectivity index (χ0) is 12.3. The van der Waals surface area contributed by atoms with Crippen molar-refractivity contribution in [2.24, 2.45) is 0 Å². The second-order valence-corrected chi connectivity index (χ2v) is 3.62. The first-order chi connectivity index (χ1) is 7.37. The predicted molar refractivity (Wildman–Crippen MR) is 55.6 cm³/mol. The van der Waals surface area contributed by atoms with Gasteiger partial charge in [-0.3, -0.25) is 4.79 Å². The van der Waals surface area contributed by atoms with E-state index in [1.54, 1.807) is 0 Å². The van der Waals surface area contributed by atoms with Gasteiger partial charge in [0.05, 0.1) is 10.7 Å². The summed E-state index contributed by atoms with van der Waals surface area (Å²) in [4.78, 5) is 14.0. The predicted octanol–water partition coefficient (Wildman–Crippen LogP) is 2.41. The zero-order valence-corrected chi connectivity index (χ0v) is 10.00. The van der Waals surface area contributed by atoms with E-state index in [-0.39, 0.29) is 15.0 Å². The van der Waals surface area contributed by atoms with E-state index >= 15 is 0 Å². The standard InChI is InChI=1S/C8H5F3INO3/c1-15-5-2-4(3-14)6(12)7(13-5)16-8(9,10)11/h2-3H,1H3. The Morgan fingerprint density at radius 2 is 2.12 bits per heavy atom. The first-order valence-electron chi connectivity index (χ1n) is 3.83. The minimum Gasteiger partial charge on any atom is -0.481 e. The average Bonchev–Trinajstić information content (AvgIpc) is 2.19. The lowest BCUT2D eigenvalue weighted by Gasteiger charge is -2.11. The molecule has 0 amide bonds. The van der Waals surface area contributed by atoms with Gasteiger partial charge < -0.3 is 9.47 Å². The molecule has 8 heteroatoms. The third-order valence-electron chi connectivity index (χ3n) is 1.48. The highest BCUT2D eigenvalue weighted by molar-refractivity contribution is 14.1. The normalized spacial score (nSPS) is 11.1. The Morgan fingerprint density at radius 3 is 2.56 bits per heavy atom. The van der Waals surface area contributed by atoms with E-state index < -0.39 is 12.2 Å². The number of pyridine rings is 1. The number of carbonyl (C=O) groups is 1. The van der Waals surface area contributed by atoms with Crippen molar-refractivity contribution in [2.45, 2.75) is 6.36 Å². The van der Waals surface area contributed by atoms with Crippen molar-refractivity contribution >= 4 is 28.9 Å². The van der Waals surface area contributed by atoms with E-state index in [2.05, 4.69) is 14.5 Å². The molecule has 1 aromatic rings. The zero-order valence-electron chi connectivity index (χ0n) is 7.84. The van der Waals surface area contributed by atoms with Gasteiger partial charge in [-0.05, 0) is 22.6 Å². The van der Waals surface area contributed by atoms with Crippen LogP contribution in [0.15, 0.2) is 6.07 Å². The smallest absolute Gasteiger partial charge is 0.481 e. The summed E-state index contributed by atoms with van der Waals surface area (Å²) in [6.45, 7) is 0. The first kappa shape index (κ1) is 13.0. The summed E-state index contributed by atoms with van der Waals surface area (Å²) in [6, 6.07) is 1.22. The SMILES string of the molecule is COc1cc(C=O)c(I)c(OC(F)(F)F)n1. The van der Waals surface area contributed by atoms with Crippen molar-refractivity contribution in [3.8, 4) is 11.8 Å². The van der Waals surface area contributed by atoms with Crippen molar-refractivity contribution in [1.82, 2.24) is 4.98 Å². The summed E-state index contributed by atoms with van der Waals surface area (Å²) in [5.74, 6) is -0.823. The fourth-order valence-corrected chi connectivity index (χ4v) is 1.38. The third kappa shape index (κ3) is 3.22. The molecular weight excluding hydrogens is 342 g/mol. The number of hydrogen-bond acceptors (Lipinski definition) is 4. The Hall–Kier alpha value is -1.06. The molecule has 0 aliphatic rings. The second-order valence-electron chi connectivity index (χ2n) is 2.54. The highest BCUT2D eigenvalue weighted by Gasteiger charge is 2.33. The van der Waals surface area contributed by atoms with Crippen LogP contribution in [-0.2, 0) is 0 Å². The van der Waals surface area contributed by atoms with Crippen LogP contribution in [0.25, 0.3) is 0 Å². The van der Waals surface area contributed by atoms with Gasteiger partial charge in [0.2, 0.25) is 11.8 Å². The minimum absolute atomic E-state index is 0.0201. The Bertz CT molecular complexity index is 408. The van der Waals surface area contributed by atoms with Crippen molar-refractivity contribution in [3.63, 3.8) is 0 Å². The highest BCUT2D eigenvalue weighted by atomic mass is 127. The number of aldehydes is 1. The molecule has 0 aliphatic carbocycles. The molecule has 1 rings (SSSR count). The molecule has 0 aliphatic heterocycles. The number of alkyl halides is 3. The summed E-state index contributed by atoms with van der Waals surface area (Å²) in [6.07, 6.45) is -4.46. The summed E-state index contributed by atoms with van der Waals surface area (Å²) in [7, 11) is 1.22. The molecule has 0 fully saturated rings. The summed E-state index contributed by atoms with van der Waals surface area (Å²) in [5.41, 5.74) is 0.0201. The third-order valence-corrected chi connectivity index (χ3v) is 2.56. The van der Waals surface area contributed by atoms with Gasteiger partial charge in [-0.25, -0.2) is 0 Å². The molecule has 0 unspecified atom stereocenters. The van der Waals surface area contributed by atoms with E-state index in [9.17, 15) is 18.0 Å². The van der Waals surface area contributed by atoms with Gasteiger partial charge in [-0.2, -0.15) is 4.98 Å². The van der Waals surface area contributed by atoms with Crippen LogP contribution in [0.2, 0.25) is 0 Å². The maximum atomic E-state index is 12.0. The minimum atomic E-state index is -4.86. The van der Waals surface area contributed by atoms with Crippen molar-refractivity contribution < 1.29 is 27.4 Å². The largest absolute Gasteiger partial charge is 0.574 e. The van der Waals surface area contributed by atoms with Crippen LogP contribution in [0.3, 0.4) is 0 Å². The van der Waals surface area contributed by atoms with E-state index in [0.29, 0.717) is 6.29 Å². The van der Waals surface area contributed by atoms with Gasteiger partial charge in [-0.1, -0.05) is 0 Å². The van der Waals surface area contributed by atoms with Gasteiger partial charge in [0.25, 0.3) is 0 Å². The molecule has 0 aromatic carbocycles. The van der Waals surface area contributed by atoms with Crippen molar-refractivity contribution in [2.75, 3.05) is 7.11 Å². The molecule has 0 saturated carbocycles. The lowest BCUT2D eigenvalue weighted by molar-refractivity contribution is -0.276. The fraction of sp³-hybridized carbons (Fsp3) is 0.250. The number of methoxy groups -OCH3 is 1. The van der Waals surface area contributed by atoms with Gasteiger partial charge in [0.1, 0.15) is 0 Å². The molecule has 0 spiro atoms. The molecule has 0 N–H and O–H groups in total. The molecule has 0 radical (unpaired) electrons. The number of carbonyl (C=O) groups excluding carboxylic acids is 1. The second kappa shape index (κ2) is 4.85. The topological polar surface area (TPSA) is 48.4 Å². The number of aromatic nitrogens is 1. The molecule has 1 heterocycles. The van der Waals surface area contributed by atoms with E-state index in [1.165, 1.54) is 35.8 Å². The molecular formula is C8H5F3INO3. The number of rotatable bonds is 3. The molecule has 16 heavy (non-hydrogen) atoms. The van der Waals surface area contributed by atoms with Crippen molar-refractivity contribution in [1.29, 1.82) is 0 Å². The number of halogens is 4. The van der Waals surface area contributed by atoms with Gasteiger partial charge in [-0.15, -0.1) is 13.2 Å². The van der Waals surface area contributed by atoms with Crippen LogP contribution in [0, 0.1) is 3.57 Å². The van der Waals surface area contributed by atoms with Gasteiger partial charge in [0, 0.05) is 11.6 Å². The van der Waals surface area contributed by atoms with Crippen LogP contribution in [0.1, 0.15) is 10.4 Å². The van der Waals surface area contributed by atoms with Crippen LogP contribution >= 0.6 is 22.6 Å². The Morgan fingerprint density at radius 1 is 1.50 bits per heavy atom. The maximum absolute atomic E-state index is 12.0. The number of ether oxygens (including phenoxy) is 2. The van der Waals surface area contributed by atoms with Crippen LogP contribution in [0.5, 0.6) is 11.8 Å². The summed E-state index contributed by atoms with van der Waals surface area (Å²) in [5, 5.41) is 0. The monoisotopic (exact) mass is 347 g/mol. The summed E-state index contributed by atoms with van der Waals surface area (Å²) < 4.78 is 44.3.